The summed E-state index contributed by atoms with van der Waals surface area (Å²) >= 11 is 0. The summed E-state index contributed by atoms with van der Waals surface area (Å²) in [5, 5.41) is 14.3. The van der Waals surface area contributed by atoms with Crippen LogP contribution in [0, 0.1) is 5.92 Å². The molecular weight excluding hydrogens is 264 g/mol. The van der Waals surface area contributed by atoms with Gasteiger partial charge < -0.3 is 20.6 Å². The summed E-state index contributed by atoms with van der Waals surface area (Å²) < 4.78 is 5.63. The lowest BCUT2D eigenvalue weighted by molar-refractivity contribution is 0.146. The van der Waals surface area contributed by atoms with E-state index in [1.54, 1.807) is 0 Å². The average molecular weight is 288 g/mol. The zero-order chi connectivity index (χ0) is 14.7. The van der Waals surface area contributed by atoms with E-state index < -0.39 is 0 Å². The zero-order valence-electron chi connectivity index (χ0n) is 12.3. The minimum atomic E-state index is 0.0748. The molecule has 114 valence electrons. The molecule has 0 spiro atoms. The van der Waals surface area contributed by atoms with Crippen LogP contribution in [0.1, 0.15) is 37.3 Å². The van der Waals surface area contributed by atoms with Crippen molar-refractivity contribution >= 4 is 11.0 Å². The van der Waals surface area contributed by atoms with E-state index in [0.717, 1.165) is 29.4 Å². The van der Waals surface area contributed by atoms with Gasteiger partial charge in [0.05, 0.1) is 6.26 Å². The highest BCUT2D eigenvalue weighted by molar-refractivity contribution is 5.81. The van der Waals surface area contributed by atoms with Crippen LogP contribution in [0.15, 0.2) is 34.9 Å². The van der Waals surface area contributed by atoms with E-state index in [2.05, 4.69) is 11.4 Å². The normalized spacial score (nSPS) is 24.3. The van der Waals surface area contributed by atoms with E-state index >= 15 is 0 Å². The van der Waals surface area contributed by atoms with Crippen molar-refractivity contribution in [2.45, 2.75) is 37.8 Å². The van der Waals surface area contributed by atoms with Gasteiger partial charge >= 0.3 is 0 Å². The number of benzene rings is 1. The van der Waals surface area contributed by atoms with Crippen molar-refractivity contribution < 1.29 is 9.52 Å². The van der Waals surface area contributed by atoms with Gasteiger partial charge in [-0.3, -0.25) is 0 Å². The smallest absolute Gasteiger partial charge is 0.134 e. The molecule has 0 radical (unpaired) electrons. The lowest BCUT2D eigenvalue weighted by Gasteiger charge is -2.34. The van der Waals surface area contributed by atoms with Crippen molar-refractivity contribution in [1.82, 2.24) is 5.32 Å². The molecule has 1 aromatic carbocycles. The number of nitrogens with two attached hydrogens (primary N) is 1. The molecule has 3 atom stereocenters. The van der Waals surface area contributed by atoms with Gasteiger partial charge in [-0.05, 0) is 24.8 Å². The van der Waals surface area contributed by atoms with Crippen molar-refractivity contribution in [2.75, 3.05) is 13.2 Å². The van der Waals surface area contributed by atoms with Gasteiger partial charge in [-0.1, -0.05) is 31.0 Å². The molecule has 1 fully saturated rings. The van der Waals surface area contributed by atoms with E-state index in [4.69, 9.17) is 10.2 Å². The van der Waals surface area contributed by atoms with Crippen LogP contribution in [0.25, 0.3) is 11.0 Å². The van der Waals surface area contributed by atoms with Gasteiger partial charge in [0.1, 0.15) is 5.58 Å². The number of aliphatic hydroxyl groups is 1. The van der Waals surface area contributed by atoms with E-state index in [1.165, 1.54) is 12.8 Å². The fraction of sp³-hybridized carbons (Fsp3) is 0.529. The Kier molecular flexibility index (Phi) is 4.58. The number of aliphatic hydroxyl groups excluding tert-OH is 1. The quantitative estimate of drug-likeness (QED) is 0.791. The van der Waals surface area contributed by atoms with Gasteiger partial charge in [0.25, 0.3) is 0 Å². The minimum Gasteiger partial charge on any atom is -0.464 e. The Bertz CT molecular complexity index is 581. The number of furan rings is 1. The SMILES string of the molecule is NCC(NC1CCCCC1CO)c1coc2ccccc12. The summed E-state index contributed by atoms with van der Waals surface area (Å²) in [5.41, 5.74) is 8.01. The first-order chi connectivity index (χ1) is 10.3. The zero-order valence-corrected chi connectivity index (χ0v) is 12.3. The molecule has 1 aliphatic carbocycles. The Balaban J connectivity index is 1.81. The fourth-order valence-corrected chi connectivity index (χ4v) is 3.46. The predicted molar refractivity (Wildman–Crippen MR) is 84.0 cm³/mol. The topological polar surface area (TPSA) is 71.4 Å². The van der Waals surface area contributed by atoms with Gasteiger partial charge in [-0.2, -0.15) is 0 Å². The number of para-hydroxylation sites is 1. The maximum atomic E-state index is 9.56. The molecule has 1 saturated carbocycles. The van der Waals surface area contributed by atoms with E-state index in [0.29, 0.717) is 18.5 Å². The van der Waals surface area contributed by atoms with E-state index in [9.17, 15) is 5.11 Å². The molecule has 1 aromatic heterocycles. The van der Waals surface area contributed by atoms with Crippen molar-refractivity contribution in [3.8, 4) is 0 Å². The molecule has 21 heavy (non-hydrogen) atoms. The van der Waals surface area contributed by atoms with Crippen LogP contribution in [0.4, 0.5) is 0 Å². The highest BCUT2D eigenvalue weighted by atomic mass is 16.3. The molecule has 0 saturated heterocycles. The molecule has 0 aliphatic heterocycles. The number of fused-ring (bicyclic) bond motifs is 1. The van der Waals surface area contributed by atoms with Crippen molar-refractivity contribution in [3.63, 3.8) is 0 Å². The van der Waals surface area contributed by atoms with Gasteiger partial charge in [0.15, 0.2) is 0 Å². The molecule has 2 aromatic rings. The summed E-state index contributed by atoms with van der Waals surface area (Å²) in [6.07, 6.45) is 6.45. The second-order valence-corrected chi connectivity index (χ2v) is 5.98. The molecule has 4 N–H and O–H groups in total. The third-order valence-electron chi connectivity index (χ3n) is 4.68. The van der Waals surface area contributed by atoms with Crippen LogP contribution in [0.2, 0.25) is 0 Å². The lowest BCUT2D eigenvalue weighted by Crippen LogP contribution is -2.44. The van der Waals surface area contributed by atoms with E-state index in [1.807, 2.05) is 24.5 Å². The van der Waals surface area contributed by atoms with Crippen LogP contribution in [0.3, 0.4) is 0 Å². The van der Waals surface area contributed by atoms with Gasteiger partial charge in [-0.15, -0.1) is 0 Å². The van der Waals surface area contributed by atoms with Gasteiger partial charge in [0, 0.05) is 36.2 Å². The monoisotopic (exact) mass is 288 g/mol. The highest BCUT2D eigenvalue weighted by Gasteiger charge is 2.27. The van der Waals surface area contributed by atoms with Crippen molar-refractivity contribution in [3.05, 3.63) is 36.1 Å². The third kappa shape index (κ3) is 2.98. The molecule has 1 heterocycles. The van der Waals surface area contributed by atoms with E-state index in [-0.39, 0.29) is 12.6 Å². The molecule has 3 rings (SSSR count). The number of hydrogen-bond acceptors (Lipinski definition) is 4. The Hall–Kier alpha value is -1.36. The van der Waals surface area contributed by atoms with Crippen LogP contribution in [0.5, 0.6) is 0 Å². The maximum absolute atomic E-state index is 9.56. The lowest BCUT2D eigenvalue weighted by atomic mass is 9.84. The Morgan fingerprint density at radius 1 is 1.29 bits per heavy atom. The Labute approximate surface area is 125 Å². The van der Waals surface area contributed by atoms with Gasteiger partial charge in [0.2, 0.25) is 0 Å². The molecule has 0 amide bonds. The molecule has 4 nitrogen and oxygen atoms in total. The summed E-state index contributed by atoms with van der Waals surface area (Å²) in [5.74, 6) is 0.339. The fourth-order valence-electron chi connectivity index (χ4n) is 3.46. The largest absolute Gasteiger partial charge is 0.464 e. The Morgan fingerprint density at radius 2 is 2.10 bits per heavy atom. The molecule has 3 unspecified atom stereocenters. The average Bonchev–Trinajstić information content (AvgIpc) is 2.97. The summed E-state index contributed by atoms with van der Waals surface area (Å²) in [6.45, 7) is 0.777. The van der Waals surface area contributed by atoms with Crippen LogP contribution < -0.4 is 11.1 Å². The highest BCUT2D eigenvalue weighted by Crippen LogP contribution is 2.30. The van der Waals surface area contributed by atoms with Gasteiger partial charge in [-0.25, -0.2) is 0 Å². The second kappa shape index (κ2) is 6.60. The first-order valence-electron chi connectivity index (χ1n) is 7.86. The summed E-state index contributed by atoms with van der Waals surface area (Å²) in [4.78, 5) is 0. The molecule has 4 heteroatoms. The maximum Gasteiger partial charge on any atom is 0.134 e. The molecular formula is C17H24N2O2. The number of nitrogens with one attached hydrogen (secondary N) is 1. The van der Waals surface area contributed by atoms with Crippen molar-refractivity contribution in [1.29, 1.82) is 0 Å². The summed E-state index contributed by atoms with van der Waals surface area (Å²) in [7, 11) is 0. The van der Waals surface area contributed by atoms with Crippen LogP contribution >= 0.6 is 0 Å². The molecule has 0 bridgehead atoms. The van der Waals surface area contributed by atoms with Crippen molar-refractivity contribution in [2.24, 2.45) is 11.7 Å². The number of hydrogen-bond donors (Lipinski definition) is 3. The first-order valence-corrected chi connectivity index (χ1v) is 7.86. The first kappa shape index (κ1) is 14.6. The minimum absolute atomic E-state index is 0.0748. The Morgan fingerprint density at radius 3 is 2.90 bits per heavy atom. The standard InChI is InChI=1S/C17H24N2O2/c18-9-16(19-15-7-3-1-5-12(15)10-20)14-11-21-17-8-4-2-6-13(14)17/h2,4,6,8,11-12,15-16,19-20H,1,3,5,7,9-10,18H2. The predicted octanol–water partition coefficient (Wildman–Crippen LogP) is 2.57. The van der Waals surface area contributed by atoms with Crippen LogP contribution in [-0.4, -0.2) is 24.3 Å². The third-order valence-corrected chi connectivity index (χ3v) is 4.68. The number of rotatable bonds is 5. The van der Waals surface area contributed by atoms with Crippen LogP contribution in [-0.2, 0) is 0 Å². The summed E-state index contributed by atoms with van der Waals surface area (Å²) in [6, 6.07) is 8.46. The second-order valence-electron chi connectivity index (χ2n) is 5.98. The molecule has 1 aliphatic rings.